The van der Waals surface area contributed by atoms with E-state index in [1.807, 2.05) is 30.3 Å². The molecule has 3 aromatic rings. The number of nitrogens with one attached hydrogen (secondary N) is 1. The van der Waals surface area contributed by atoms with Crippen molar-refractivity contribution >= 4 is 23.1 Å². The summed E-state index contributed by atoms with van der Waals surface area (Å²) < 4.78 is 7.09. The molecule has 1 aliphatic rings. The highest BCUT2D eigenvalue weighted by atomic mass is 16.5. The molecule has 1 aromatic carbocycles. The van der Waals surface area contributed by atoms with Gasteiger partial charge in [-0.25, -0.2) is 14.6 Å². The standard InChI is InChI=1S/C23H23N3O5/c27-20-18-7-4-12-24-21(18)26(13-19(20)22(28)29)17-10-8-16(9-11-17)25-23(30)31-14-15-5-2-1-3-6-15/h1-7,12-13,16-17H,8-11,14H2,(H,25,30)(H,28,29). The highest BCUT2D eigenvalue weighted by Crippen LogP contribution is 2.30. The van der Waals surface area contributed by atoms with Gasteiger partial charge in [-0.05, 0) is 43.4 Å². The topological polar surface area (TPSA) is 111 Å². The lowest BCUT2D eigenvalue weighted by Crippen LogP contribution is -2.38. The molecule has 160 valence electrons. The second-order valence-electron chi connectivity index (χ2n) is 7.67. The first-order valence-corrected chi connectivity index (χ1v) is 10.2. The first-order chi connectivity index (χ1) is 15.0. The van der Waals surface area contributed by atoms with Gasteiger partial charge in [-0.15, -0.1) is 0 Å². The van der Waals surface area contributed by atoms with Gasteiger partial charge in [0.1, 0.15) is 17.8 Å². The van der Waals surface area contributed by atoms with Gasteiger partial charge in [0.15, 0.2) is 0 Å². The Bertz CT molecular complexity index is 1150. The number of rotatable bonds is 5. The van der Waals surface area contributed by atoms with E-state index in [9.17, 15) is 19.5 Å². The smallest absolute Gasteiger partial charge is 0.407 e. The number of amides is 1. The van der Waals surface area contributed by atoms with Crippen LogP contribution in [0.15, 0.2) is 59.7 Å². The molecule has 0 radical (unpaired) electrons. The van der Waals surface area contributed by atoms with E-state index in [2.05, 4.69) is 10.3 Å². The molecule has 0 spiro atoms. The van der Waals surface area contributed by atoms with E-state index in [0.29, 0.717) is 23.9 Å². The summed E-state index contributed by atoms with van der Waals surface area (Å²) >= 11 is 0. The molecule has 8 heteroatoms. The van der Waals surface area contributed by atoms with Crippen LogP contribution < -0.4 is 10.7 Å². The van der Waals surface area contributed by atoms with Crippen molar-refractivity contribution in [1.29, 1.82) is 0 Å². The second kappa shape index (κ2) is 8.99. The number of pyridine rings is 2. The quantitative estimate of drug-likeness (QED) is 0.652. The number of nitrogens with zero attached hydrogens (tertiary/aromatic N) is 2. The fourth-order valence-corrected chi connectivity index (χ4v) is 4.04. The van der Waals surface area contributed by atoms with Gasteiger partial charge in [0, 0.05) is 24.5 Å². The van der Waals surface area contributed by atoms with Crippen LogP contribution in [0.3, 0.4) is 0 Å². The predicted octanol–water partition coefficient (Wildman–Crippen LogP) is 3.50. The Morgan fingerprint density at radius 1 is 1.10 bits per heavy atom. The Balaban J connectivity index is 1.41. The summed E-state index contributed by atoms with van der Waals surface area (Å²) in [5, 5.41) is 12.6. The number of carbonyl (C=O) groups is 2. The third-order valence-corrected chi connectivity index (χ3v) is 5.64. The molecular weight excluding hydrogens is 398 g/mol. The van der Waals surface area contributed by atoms with Crippen LogP contribution in [-0.2, 0) is 11.3 Å². The Kier molecular flexibility index (Phi) is 5.97. The van der Waals surface area contributed by atoms with E-state index in [1.165, 1.54) is 6.20 Å². The summed E-state index contributed by atoms with van der Waals surface area (Å²) in [6.07, 6.45) is 5.41. The number of aromatic nitrogens is 2. The monoisotopic (exact) mass is 421 g/mol. The van der Waals surface area contributed by atoms with Gasteiger partial charge in [0.05, 0.1) is 5.39 Å². The van der Waals surface area contributed by atoms with Crippen molar-refractivity contribution in [3.63, 3.8) is 0 Å². The summed E-state index contributed by atoms with van der Waals surface area (Å²) in [5.41, 5.74) is 0.623. The zero-order chi connectivity index (χ0) is 21.8. The van der Waals surface area contributed by atoms with Gasteiger partial charge in [0.2, 0.25) is 5.43 Å². The number of ether oxygens (including phenoxy) is 1. The SMILES string of the molecule is O=C(NC1CCC(n2cc(C(=O)O)c(=O)c3cccnc32)CC1)OCc1ccccc1. The second-order valence-corrected chi connectivity index (χ2v) is 7.67. The minimum absolute atomic E-state index is 0.00510. The molecule has 31 heavy (non-hydrogen) atoms. The van der Waals surface area contributed by atoms with Gasteiger partial charge in [-0.3, -0.25) is 4.79 Å². The maximum absolute atomic E-state index is 12.4. The maximum atomic E-state index is 12.4. The number of fused-ring (bicyclic) bond motifs is 1. The maximum Gasteiger partial charge on any atom is 0.407 e. The first kappa shape index (κ1) is 20.6. The molecule has 0 atom stereocenters. The van der Waals surface area contributed by atoms with Crippen LogP contribution in [0.2, 0.25) is 0 Å². The predicted molar refractivity (Wildman–Crippen MR) is 114 cm³/mol. The summed E-state index contributed by atoms with van der Waals surface area (Å²) in [6.45, 7) is 0.217. The van der Waals surface area contributed by atoms with Crippen molar-refractivity contribution in [2.45, 2.75) is 44.4 Å². The summed E-state index contributed by atoms with van der Waals surface area (Å²) in [6, 6.07) is 12.7. The average Bonchev–Trinajstić information content (AvgIpc) is 2.79. The fourth-order valence-electron chi connectivity index (χ4n) is 4.04. The number of aromatic carboxylic acids is 1. The highest BCUT2D eigenvalue weighted by molar-refractivity contribution is 5.91. The van der Waals surface area contributed by atoms with Crippen LogP contribution in [-0.4, -0.2) is 32.8 Å². The largest absolute Gasteiger partial charge is 0.477 e. The third kappa shape index (κ3) is 4.58. The van der Waals surface area contributed by atoms with Crippen molar-refractivity contribution in [2.75, 3.05) is 0 Å². The molecule has 4 rings (SSSR count). The third-order valence-electron chi connectivity index (χ3n) is 5.64. The van der Waals surface area contributed by atoms with E-state index >= 15 is 0 Å². The van der Waals surface area contributed by atoms with Crippen molar-refractivity contribution in [1.82, 2.24) is 14.9 Å². The van der Waals surface area contributed by atoms with Gasteiger partial charge in [-0.2, -0.15) is 0 Å². The number of carboxylic acids is 1. The molecule has 1 saturated carbocycles. The van der Waals surface area contributed by atoms with E-state index in [-0.39, 0.29) is 24.3 Å². The van der Waals surface area contributed by atoms with Crippen LogP contribution in [0.5, 0.6) is 0 Å². The Morgan fingerprint density at radius 3 is 2.55 bits per heavy atom. The average molecular weight is 421 g/mol. The zero-order valence-electron chi connectivity index (χ0n) is 16.9. The lowest BCUT2D eigenvalue weighted by atomic mass is 9.90. The molecular formula is C23H23N3O5. The van der Waals surface area contributed by atoms with Crippen LogP contribution in [0.25, 0.3) is 11.0 Å². The number of hydrogen-bond acceptors (Lipinski definition) is 5. The van der Waals surface area contributed by atoms with E-state index < -0.39 is 17.5 Å². The lowest BCUT2D eigenvalue weighted by molar-refractivity contribution is 0.0694. The van der Waals surface area contributed by atoms with E-state index in [0.717, 1.165) is 18.4 Å². The molecule has 0 aliphatic heterocycles. The highest BCUT2D eigenvalue weighted by Gasteiger charge is 2.26. The van der Waals surface area contributed by atoms with Crippen molar-refractivity contribution in [2.24, 2.45) is 0 Å². The number of alkyl carbamates (subject to hydrolysis) is 1. The number of hydrogen-bond donors (Lipinski definition) is 2. The lowest BCUT2D eigenvalue weighted by Gasteiger charge is -2.31. The van der Waals surface area contributed by atoms with Gasteiger partial charge >= 0.3 is 12.1 Å². The molecule has 1 aliphatic carbocycles. The van der Waals surface area contributed by atoms with Crippen molar-refractivity contribution in [3.8, 4) is 0 Å². The van der Waals surface area contributed by atoms with E-state index in [1.54, 1.807) is 22.9 Å². The first-order valence-electron chi connectivity index (χ1n) is 10.2. The molecule has 2 aromatic heterocycles. The molecule has 1 fully saturated rings. The summed E-state index contributed by atoms with van der Waals surface area (Å²) in [7, 11) is 0. The zero-order valence-corrected chi connectivity index (χ0v) is 16.9. The molecule has 0 saturated heterocycles. The van der Waals surface area contributed by atoms with Crippen LogP contribution in [0.4, 0.5) is 4.79 Å². The molecule has 2 heterocycles. The Labute approximate surface area is 178 Å². The normalized spacial score (nSPS) is 18.5. The number of carbonyl (C=O) groups excluding carboxylic acids is 1. The number of benzene rings is 1. The summed E-state index contributed by atoms with van der Waals surface area (Å²) in [4.78, 5) is 40.4. The Hall–Kier alpha value is -3.68. The Morgan fingerprint density at radius 2 is 1.84 bits per heavy atom. The fraction of sp³-hybridized carbons (Fsp3) is 0.304. The minimum Gasteiger partial charge on any atom is -0.477 e. The van der Waals surface area contributed by atoms with E-state index in [4.69, 9.17) is 4.74 Å². The molecule has 1 amide bonds. The molecule has 0 bridgehead atoms. The molecule has 0 unspecified atom stereocenters. The van der Waals surface area contributed by atoms with Crippen molar-refractivity contribution in [3.05, 3.63) is 76.2 Å². The molecule has 2 N–H and O–H groups in total. The van der Waals surface area contributed by atoms with Crippen LogP contribution >= 0.6 is 0 Å². The minimum atomic E-state index is -1.25. The van der Waals surface area contributed by atoms with Gasteiger partial charge in [-0.1, -0.05) is 30.3 Å². The number of carboxylic acid groups (broad SMARTS) is 1. The van der Waals surface area contributed by atoms with Crippen LogP contribution in [0, 0.1) is 0 Å². The molecule has 8 nitrogen and oxygen atoms in total. The van der Waals surface area contributed by atoms with Gasteiger partial charge in [0.25, 0.3) is 0 Å². The van der Waals surface area contributed by atoms with Crippen molar-refractivity contribution < 1.29 is 19.4 Å². The summed E-state index contributed by atoms with van der Waals surface area (Å²) in [5.74, 6) is -1.25. The van der Waals surface area contributed by atoms with Gasteiger partial charge < -0.3 is 19.7 Å². The van der Waals surface area contributed by atoms with Crippen LogP contribution in [0.1, 0.15) is 47.6 Å².